The van der Waals surface area contributed by atoms with Crippen molar-refractivity contribution in [1.29, 1.82) is 0 Å². The maximum absolute atomic E-state index is 12.2. The zero-order valence-corrected chi connectivity index (χ0v) is 17.1. The molecule has 0 spiro atoms. The van der Waals surface area contributed by atoms with Crippen molar-refractivity contribution in [2.75, 3.05) is 6.61 Å². The van der Waals surface area contributed by atoms with Gasteiger partial charge in [0.2, 0.25) is 4.75 Å². The van der Waals surface area contributed by atoms with Gasteiger partial charge in [-0.05, 0) is 19.8 Å². The van der Waals surface area contributed by atoms with Gasteiger partial charge < -0.3 is 14.6 Å². The number of hydrogen-bond acceptors (Lipinski definition) is 6. The van der Waals surface area contributed by atoms with Crippen LogP contribution in [0.1, 0.15) is 59.3 Å². The smallest absolute Gasteiger partial charge is 0.550 e. The van der Waals surface area contributed by atoms with Crippen LogP contribution in [0.2, 0.25) is 0 Å². The molecule has 0 fully saturated rings. The third-order valence-corrected chi connectivity index (χ3v) is 5.31. The quantitative estimate of drug-likeness (QED) is 0.194. The molecule has 0 amide bonds. The molecule has 1 N–H and O–H groups in total. The summed E-state index contributed by atoms with van der Waals surface area (Å²) >= 11 is 0. The van der Waals surface area contributed by atoms with Crippen LogP contribution >= 0.6 is 0 Å². The molecule has 9 heteroatoms. The summed E-state index contributed by atoms with van der Waals surface area (Å²) in [5.41, 5.74) is 0. The van der Waals surface area contributed by atoms with Gasteiger partial charge in [0.25, 0.3) is 10.1 Å². The summed E-state index contributed by atoms with van der Waals surface area (Å²) in [6.07, 6.45) is 2.13. The number of carbonyl (C=O) groups is 2. The molecule has 0 saturated heterocycles. The van der Waals surface area contributed by atoms with Crippen LogP contribution in [-0.2, 0) is 24.4 Å². The predicted octanol–water partition coefficient (Wildman–Crippen LogP) is -2.07. The number of unbranched alkanes of at least 4 members (excludes halogenated alkanes) is 3. The number of carboxylic acids is 1. The monoisotopic (exact) mass is 360 g/mol. The van der Waals surface area contributed by atoms with E-state index in [0.717, 1.165) is 12.8 Å². The molecule has 0 heterocycles. The van der Waals surface area contributed by atoms with Crippen LogP contribution in [0.25, 0.3) is 0 Å². The van der Waals surface area contributed by atoms with E-state index < -0.39 is 32.7 Å². The van der Waals surface area contributed by atoms with Crippen LogP contribution in [0.3, 0.4) is 0 Å². The minimum atomic E-state index is -4.99. The van der Waals surface area contributed by atoms with E-state index in [-0.39, 0.29) is 55.4 Å². The van der Waals surface area contributed by atoms with Crippen LogP contribution < -0.4 is 34.7 Å². The molecular formula is C14H25NaO7S. The largest absolute Gasteiger partial charge is 1.00 e. The molecule has 0 aliphatic heterocycles. The second-order valence-electron chi connectivity index (χ2n) is 5.18. The first kappa shape index (κ1) is 25.1. The van der Waals surface area contributed by atoms with Crippen molar-refractivity contribution >= 4 is 22.1 Å². The molecular weight excluding hydrogens is 335 g/mol. The summed E-state index contributed by atoms with van der Waals surface area (Å²) in [7, 11) is -4.99. The molecule has 23 heavy (non-hydrogen) atoms. The summed E-state index contributed by atoms with van der Waals surface area (Å²) in [4.78, 5) is 23.6. The van der Waals surface area contributed by atoms with Crippen LogP contribution in [-0.4, -0.2) is 36.3 Å². The Bertz CT molecular complexity index is 478. The van der Waals surface area contributed by atoms with Gasteiger partial charge in [0, 0.05) is 11.9 Å². The van der Waals surface area contributed by atoms with Gasteiger partial charge in [-0.25, -0.2) is 0 Å². The van der Waals surface area contributed by atoms with E-state index in [1.54, 1.807) is 0 Å². The number of carboxylic acid groups (broad SMARTS) is 1. The molecule has 0 aromatic carbocycles. The van der Waals surface area contributed by atoms with Crippen molar-refractivity contribution in [3.05, 3.63) is 0 Å². The molecule has 0 aromatic rings. The van der Waals surface area contributed by atoms with E-state index in [4.69, 9.17) is 4.74 Å². The second kappa shape index (κ2) is 11.4. The molecule has 0 saturated carbocycles. The summed E-state index contributed by atoms with van der Waals surface area (Å²) < 4.78 is 35.7. The first-order valence-electron chi connectivity index (χ1n) is 7.54. The van der Waals surface area contributed by atoms with E-state index in [1.807, 2.05) is 6.92 Å². The molecule has 0 aliphatic carbocycles. The maximum atomic E-state index is 12.2. The van der Waals surface area contributed by atoms with E-state index in [0.29, 0.717) is 6.42 Å². The number of hydrogen-bond donors (Lipinski definition) is 1. The number of ether oxygens (including phenoxy) is 1. The van der Waals surface area contributed by atoms with E-state index >= 15 is 0 Å². The molecule has 0 aromatic heterocycles. The van der Waals surface area contributed by atoms with Crippen molar-refractivity contribution in [3.63, 3.8) is 0 Å². The van der Waals surface area contributed by atoms with Gasteiger partial charge in [-0.2, -0.15) is 8.42 Å². The average molecular weight is 360 g/mol. The number of rotatable bonds is 11. The summed E-state index contributed by atoms with van der Waals surface area (Å²) in [6.45, 7) is 4.74. The number of carbonyl (C=O) groups excluding carboxylic acids is 2. The van der Waals surface area contributed by atoms with Crippen molar-refractivity contribution in [3.8, 4) is 0 Å². The van der Waals surface area contributed by atoms with Crippen LogP contribution in [0.5, 0.6) is 0 Å². The van der Waals surface area contributed by atoms with Crippen molar-refractivity contribution in [2.45, 2.75) is 64.0 Å². The Morgan fingerprint density at radius 2 is 1.74 bits per heavy atom. The third-order valence-electron chi connectivity index (χ3n) is 3.74. The first-order valence-corrected chi connectivity index (χ1v) is 8.98. The Labute approximate surface area is 160 Å². The van der Waals surface area contributed by atoms with Gasteiger partial charge in [-0.15, -0.1) is 0 Å². The Balaban J connectivity index is 0. The van der Waals surface area contributed by atoms with Gasteiger partial charge in [0.05, 0.1) is 6.61 Å². The van der Waals surface area contributed by atoms with Crippen LogP contribution in [0.15, 0.2) is 0 Å². The van der Waals surface area contributed by atoms with Crippen molar-refractivity contribution in [2.24, 2.45) is 5.92 Å². The third kappa shape index (κ3) is 6.34. The molecule has 130 valence electrons. The fourth-order valence-corrected chi connectivity index (χ4v) is 3.88. The maximum Gasteiger partial charge on any atom is 1.00 e. The Kier molecular flexibility index (Phi) is 12.5. The molecule has 7 nitrogen and oxygen atoms in total. The Morgan fingerprint density at radius 3 is 2.09 bits per heavy atom. The van der Waals surface area contributed by atoms with Gasteiger partial charge in [0.1, 0.15) is 0 Å². The second-order valence-corrected chi connectivity index (χ2v) is 6.85. The summed E-state index contributed by atoms with van der Waals surface area (Å²) in [6, 6.07) is 0. The zero-order chi connectivity index (χ0) is 17.4. The van der Waals surface area contributed by atoms with E-state index in [2.05, 4.69) is 0 Å². The van der Waals surface area contributed by atoms with Gasteiger partial charge in [-0.3, -0.25) is 9.35 Å². The van der Waals surface area contributed by atoms with Gasteiger partial charge >= 0.3 is 35.5 Å². The molecule has 0 aliphatic rings. The van der Waals surface area contributed by atoms with E-state index in [9.17, 15) is 27.7 Å². The Hall–Kier alpha value is -0.150. The molecule has 0 rings (SSSR count). The zero-order valence-electron chi connectivity index (χ0n) is 14.3. The minimum absolute atomic E-state index is 0. The van der Waals surface area contributed by atoms with Crippen LogP contribution in [0, 0.1) is 5.92 Å². The van der Waals surface area contributed by atoms with Gasteiger partial charge in [0.15, 0.2) is 0 Å². The Morgan fingerprint density at radius 1 is 1.17 bits per heavy atom. The standard InChI is InChI=1S/C14H26O7S.Na/c1-4-7-8-9-10-14(22(18,19)20,13(17)21-6-3)11(5-2)12(15)16;/h11H,4-10H2,1-3H3,(H,15,16)(H,18,19,20);/q;+1/p-1. The predicted molar refractivity (Wildman–Crippen MR) is 78.5 cm³/mol. The molecule has 0 radical (unpaired) electrons. The summed E-state index contributed by atoms with van der Waals surface area (Å²) in [5.74, 6) is -4.59. The topological polar surface area (TPSA) is 121 Å². The summed E-state index contributed by atoms with van der Waals surface area (Å²) in [5, 5.41) is 11.3. The van der Waals surface area contributed by atoms with Crippen molar-refractivity contribution < 1.29 is 62.0 Å². The SMILES string of the molecule is CCCCCCC(C(=O)OCC)(C(CC)C(=O)[O-])S(=O)(=O)O.[Na+]. The number of aliphatic carboxylic acids is 1. The molecule has 2 atom stereocenters. The van der Waals surface area contributed by atoms with Gasteiger partial charge in [-0.1, -0.05) is 39.5 Å². The fraction of sp³-hybridized carbons (Fsp3) is 0.857. The molecule has 0 bridgehead atoms. The van der Waals surface area contributed by atoms with E-state index in [1.165, 1.54) is 13.8 Å². The normalized spacial score (nSPS) is 15.1. The van der Waals surface area contributed by atoms with Crippen molar-refractivity contribution in [1.82, 2.24) is 0 Å². The molecule has 2 unspecified atom stereocenters. The van der Waals surface area contributed by atoms with Crippen LogP contribution in [0.4, 0.5) is 0 Å². The number of esters is 1. The fourth-order valence-electron chi connectivity index (χ4n) is 2.59. The first-order chi connectivity index (χ1) is 10.2. The minimum Gasteiger partial charge on any atom is -0.550 e. The average Bonchev–Trinajstić information content (AvgIpc) is 2.40.